The predicted octanol–water partition coefficient (Wildman–Crippen LogP) is 5.42. The molecule has 1 saturated carbocycles. The van der Waals surface area contributed by atoms with Crippen molar-refractivity contribution >= 4 is 16.7 Å². The summed E-state index contributed by atoms with van der Waals surface area (Å²) in [5.41, 5.74) is 10.6. The van der Waals surface area contributed by atoms with Crippen LogP contribution in [-0.2, 0) is 17.9 Å². The molecule has 3 N–H and O–H groups in total. The number of nitrogens with one attached hydrogen (secondary N) is 1. The van der Waals surface area contributed by atoms with Crippen LogP contribution in [0.2, 0.25) is 0 Å². The number of rotatable bonds is 11. The number of benzene rings is 2. The van der Waals surface area contributed by atoms with Crippen molar-refractivity contribution in [3.63, 3.8) is 0 Å². The highest BCUT2D eigenvalue weighted by atomic mass is 19.1. The summed E-state index contributed by atoms with van der Waals surface area (Å²) < 4.78 is 19.9. The summed E-state index contributed by atoms with van der Waals surface area (Å²) in [5.74, 6) is 0.767. The zero-order chi connectivity index (χ0) is 26.4. The maximum Gasteiger partial charge on any atom is 0.228 e. The predicted molar refractivity (Wildman–Crippen MR) is 151 cm³/mol. The Balaban J connectivity index is 1.33. The number of piperazine rings is 1. The number of aromatic nitrogens is 1. The average molecular weight is 521 g/mol. The number of carbonyl (C=O) groups excluding carboxylic acids is 1. The van der Waals surface area contributed by atoms with E-state index in [0.29, 0.717) is 12.2 Å². The van der Waals surface area contributed by atoms with Gasteiger partial charge in [0.2, 0.25) is 6.86 Å². The largest absolute Gasteiger partial charge is 0.463 e. The molecular formula is C31H41FN4O2. The maximum atomic E-state index is 12.8. The van der Waals surface area contributed by atoms with Crippen molar-refractivity contribution in [2.75, 3.05) is 33.0 Å². The first-order valence-electron chi connectivity index (χ1n) is 14.2. The standard InChI is InChI=1S/C31H41FN4O2/c32-23-38-26-10-8-25(9-11-26)28-22-36(17-5-2-6-30(37)31(33)13-3-1-4-14-31)29-12-7-24(20-27(28)29)21-35-18-15-34-16-19-35/h7-12,20,22,34H,1-6,13-19,21,23,33H2. The van der Waals surface area contributed by atoms with E-state index in [1.165, 1.54) is 22.9 Å². The average Bonchev–Trinajstić information content (AvgIpc) is 3.30. The number of carbonyl (C=O) groups is 1. The number of hydrogen-bond acceptors (Lipinski definition) is 5. The lowest BCUT2D eigenvalue weighted by Crippen LogP contribution is -2.49. The van der Waals surface area contributed by atoms with Crippen molar-refractivity contribution in [3.8, 4) is 16.9 Å². The zero-order valence-electron chi connectivity index (χ0n) is 22.4. The van der Waals surface area contributed by atoms with E-state index < -0.39 is 12.4 Å². The van der Waals surface area contributed by atoms with E-state index in [4.69, 9.17) is 10.5 Å². The molecule has 0 atom stereocenters. The van der Waals surface area contributed by atoms with Crippen molar-refractivity contribution in [2.45, 2.75) is 70.0 Å². The van der Waals surface area contributed by atoms with E-state index >= 15 is 0 Å². The van der Waals surface area contributed by atoms with E-state index in [1.807, 2.05) is 24.3 Å². The van der Waals surface area contributed by atoms with Crippen molar-refractivity contribution in [3.05, 3.63) is 54.2 Å². The minimum Gasteiger partial charge on any atom is -0.463 e. The van der Waals surface area contributed by atoms with Gasteiger partial charge in [0.15, 0.2) is 5.78 Å². The molecule has 0 radical (unpaired) electrons. The number of halogens is 1. The lowest BCUT2D eigenvalue weighted by atomic mass is 9.78. The monoisotopic (exact) mass is 520 g/mol. The molecule has 0 spiro atoms. The SMILES string of the molecule is NC1(C(=O)CCCCn2cc(-c3ccc(OCF)cc3)c3cc(CN4CCNCC4)ccc32)CCCCC1. The van der Waals surface area contributed by atoms with Gasteiger partial charge in [-0.3, -0.25) is 9.69 Å². The fourth-order valence-electron chi connectivity index (χ4n) is 6.06. The molecule has 3 aromatic rings. The zero-order valence-corrected chi connectivity index (χ0v) is 22.4. The number of Topliss-reactive ketones (excluding diaryl/α,β-unsaturated/α-hetero) is 1. The quantitative estimate of drug-likeness (QED) is 0.330. The highest BCUT2D eigenvalue weighted by Gasteiger charge is 2.34. The van der Waals surface area contributed by atoms with E-state index in [-0.39, 0.29) is 5.78 Å². The summed E-state index contributed by atoms with van der Waals surface area (Å²) >= 11 is 0. The number of nitrogens with zero attached hydrogens (tertiary/aromatic N) is 2. The van der Waals surface area contributed by atoms with Gasteiger partial charge < -0.3 is 20.4 Å². The number of unbranched alkanes of at least 4 members (excludes halogenated alkanes) is 1. The van der Waals surface area contributed by atoms with Crippen LogP contribution in [0.25, 0.3) is 22.0 Å². The minimum absolute atomic E-state index is 0.239. The Hall–Kier alpha value is -2.74. The Labute approximate surface area is 225 Å². The molecule has 38 heavy (non-hydrogen) atoms. The third-order valence-electron chi connectivity index (χ3n) is 8.30. The Bertz CT molecular complexity index is 1210. The molecule has 2 fully saturated rings. The summed E-state index contributed by atoms with van der Waals surface area (Å²) in [5, 5.41) is 4.64. The molecule has 204 valence electrons. The molecular weight excluding hydrogens is 479 g/mol. The summed E-state index contributed by atoms with van der Waals surface area (Å²) in [6, 6.07) is 14.4. The number of hydrogen-bond donors (Lipinski definition) is 2. The van der Waals surface area contributed by atoms with Crippen LogP contribution in [0.1, 0.15) is 56.9 Å². The van der Waals surface area contributed by atoms with Gasteiger partial charge in [-0.15, -0.1) is 0 Å². The molecule has 1 saturated heterocycles. The van der Waals surface area contributed by atoms with Gasteiger partial charge in [0.1, 0.15) is 5.75 Å². The fourth-order valence-corrected chi connectivity index (χ4v) is 6.06. The van der Waals surface area contributed by atoms with Gasteiger partial charge in [0.05, 0.1) is 5.54 Å². The molecule has 0 bridgehead atoms. The number of fused-ring (bicyclic) bond motifs is 1. The van der Waals surface area contributed by atoms with Crippen LogP contribution < -0.4 is 15.8 Å². The minimum atomic E-state index is -0.832. The molecule has 1 aliphatic heterocycles. The number of ketones is 1. The van der Waals surface area contributed by atoms with Gasteiger partial charge >= 0.3 is 0 Å². The van der Waals surface area contributed by atoms with Crippen LogP contribution in [0, 0.1) is 0 Å². The van der Waals surface area contributed by atoms with E-state index in [1.54, 1.807) is 0 Å². The molecule has 0 amide bonds. The van der Waals surface area contributed by atoms with Gasteiger partial charge in [-0.2, -0.15) is 0 Å². The molecule has 2 aliphatic rings. The second-order valence-corrected chi connectivity index (χ2v) is 11.0. The number of nitrogens with two attached hydrogens (primary N) is 1. The highest BCUT2D eigenvalue weighted by Crippen LogP contribution is 2.33. The van der Waals surface area contributed by atoms with E-state index in [9.17, 15) is 9.18 Å². The van der Waals surface area contributed by atoms with Crippen LogP contribution in [-0.4, -0.2) is 53.8 Å². The molecule has 2 aromatic carbocycles. The third-order valence-corrected chi connectivity index (χ3v) is 8.30. The Morgan fingerprint density at radius 3 is 2.53 bits per heavy atom. The van der Waals surface area contributed by atoms with Crippen molar-refractivity contribution in [2.24, 2.45) is 5.73 Å². The Morgan fingerprint density at radius 1 is 1.03 bits per heavy atom. The van der Waals surface area contributed by atoms with Gasteiger partial charge in [-0.05, 0) is 61.1 Å². The first-order valence-corrected chi connectivity index (χ1v) is 14.2. The molecule has 1 aliphatic carbocycles. The van der Waals surface area contributed by atoms with Gasteiger partial charge in [-0.25, -0.2) is 4.39 Å². The highest BCUT2D eigenvalue weighted by molar-refractivity contribution is 5.96. The number of aryl methyl sites for hydroxylation is 1. The van der Waals surface area contributed by atoms with Gasteiger partial charge in [0, 0.05) is 68.4 Å². The maximum absolute atomic E-state index is 12.8. The number of ether oxygens (including phenoxy) is 1. The van der Waals surface area contributed by atoms with Crippen LogP contribution in [0.5, 0.6) is 5.75 Å². The lowest BCUT2D eigenvalue weighted by molar-refractivity contribution is -0.125. The van der Waals surface area contributed by atoms with Crippen molar-refractivity contribution in [1.82, 2.24) is 14.8 Å². The first kappa shape index (κ1) is 26.9. The van der Waals surface area contributed by atoms with Crippen LogP contribution in [0.3, 0.4) is 0 Å². The van der Waals surface area contributed by atoms with E-state index in [0.717, 1.165) is 88.9 Å². The smallest absolute Gasteiger partial charge is 0.228 e. The second kappa shape index (κ2) is 12.4. The molecule has 7 heteroatoms. The Morgan fingerprint density at radius 2 is 1.79 bits per heavy atom. The van der Waals surface area contributed by atoms with Crippen molar-refractivity contribution in [1.29, 1.82) is 0 Å². The Kier molecular flexibility index (Phi) is 8.77. The summed E-state index contributed by atoms with van der Waals surface area (Å²) in [6.45, 7) is 5.14. The molecule has 5 rings (SSSR count). The van der Waals surface area contributed by atoms with Crippen LogP contribution >= 0.6 is 0 Å². The number of alkyl halides is 1. The molecule has 1 aromatic heterocycles. The summed E-state index contributed by atoms with van der Waals surface area (Å²) in [7, 11) is 0. The van der Waals surface area contributed by atoms with Gasteiger partial charge in [-0.1, -0.05) is 37.5 Å². The summed E-state index contributed by atoms with van der Waals surface area (Å²) in [6.07, 6.45) is 9.56. The van der Waals surface area contributed by atoms with Crippen LogP contribution in [0.4, 0.5) is 4.39 Å². The third kappa shape index (κ3) is 6.28. The first-order chi connectivity index (χ1) is 18.6. The molecule has 6 nitrogen and oxygen atoms in total. The normalized spacial score (nSPS) is 18.1. The molecule has 2 heterocycles. The lowest BCUT2D eigenvalue weighted by Gasteiger charge is -2.31. The van der Waals surface area contributed by atoms with Gasteiger partial charge in [0.25, 0.3) is 0 Å². The van der Waals surface area contributed by atoms with Crippen molar-refractivity contribution < 1.29 is 13.9 Å². The van der Waals surface area contributed by atoms with E-state index in [2.05, 4.69) is 39.2 Å². The summed E-state index contributed by atoms with van der Waals surface area (Å²) in [4.78, 5) is 15.3. The fraction of sp³-hybridized carbons (Fsp3) is 0.516. The molecule has 0 unspecified atom stereocenters. The topological polar surface area (TPSA) is 72.5 Å². The van der Waals surface area contributed by atoms with Crippen LogP contribution in [0.15, 0.2) is 48.7 Å². The second-order valence-electron chi connectivity index (χ2n) is 11.0.